The van der Waals surface area contributed by atoms with E-state index in [1.54, 1.807) is 29.6 Å². The van der Waals surface area contributed by atoms with Crippen LogP contribution in [-0.4, -0.2) is 43.1 Å². The molecule has 0 bridgehead atoms. The molecule has 1 aliphatic heterocycles. The molecular weight excluding hydrogens is 420 g/mol. The van der Waals surface area contributed by atoms with Crippen LogP contribution in [0, 0.1) is 0 Å². The van der Waals surface area contributed by atoms with E-state index < -0.39 is 0 Å². The molecule has 0 atom stereocenters. The number of nitrogens with one attached hydrogen (secondary N) is 3. The largest absolute Gasteiger partial charge is 0.465 e. The number of carbonyl (C=O) groups excluding carboxylic acids is 2. The van der Waals surface area contributed by atoms with Crippen molar-refractivity contribution in [3.05, 3.63) is 34.7 Å². The van der Waals surface area contributed by atoms with Crippen molar-refractivity contribution < 1.29 is 14.3 Å². The first-order valence-corrected chi connectivity index (χ1v) is 11.7. The molecule has 3 heterocycles. The first-order valence-electron chi connectivity index (χ1n) is 10.0. The Morgan fingerprint density at radius 2 is 2.13 bits per heavy atom. The summed E-state index contributed by atoms with van der Waals surface area (Å²) in [4.78, 5) is 30.0. The SMILES string of the molecule is CCOC(=O)CNCCC(=O)Nc1sc2c(c1-c1nc3ccccc3s1)CCNC2. The monoisotopic (exact) mass is 444 g/mol. The molecule has 1 amide bonds. The van der Waals surface area contributed by atoms with Crippen LogP contribution in [0.25, 0.3) is 20.8 Å². The first-order chi connectivity index (χ1) is 14.7. The van der Waals surface area contributed by atoms with Gasteiger partial charge in [0.1, 0.15) is 10.0 Å². The summed E-state index contributed by atoms with van der Waals surface area (Å²) in [6.07, 6.45) is 1.20. The highest BCUT2D eigenvalue weighted by Gasteiger charge is 2.25. The maximum Gasteiger partial charge on any atom is 0.319 e. The number of nitrogens with zero attached hydrogens (tertiary/aromatic N) is 1. The van der Waals surface area contributed by atoms with Crippen molar-refractivity contribution in [2.24, 2.45) is 0 Å². The van der Waals surface area contributed by atoms with Gasteiger partial charge in [-0.3, -0.25) is 9.59 Å². The Bertz CT molecular complexity index is 1030. The normalized spacial score (nSPS) is 13.2. The van der Waals surface area contributed by atoms with Crippen LogP contribution in [-0.2, 0) is 27.3 Å². The van der Waals surface area contributed by atoms with Crippen LogP contribution in [0.3, 0.4) is 0 Å². The molecule has 4 rings (SSSR count). The second-order valence-corrected chi connectivity index (χ2v) is 9.04. The van der Waals surface area contributed by atoms with Crippen molar-refractivity contribution in [3.8, 4) is 10.6 Å². The Morgan fingerprint density at radius 3 is 2.97 bits per heavy atom. The molecule has 9 heteroatoms. The number of thiazole rings is 1. The van der Waals surface area contributed by atoms with Crippen molar-refractivity contribution in [2.75, 3.05) is 31.6 Å². The Hall–Kier alpha value is -2.33. The number of hydrogen-bond acceptors (Lipinski definition) is 8. The molecule has 7 nitrogen and oxygen atoms in total. The average molecular weight is 445 g/mol. The molecule has 0 fully saturated rings. The zero-order chi connectivity index (χ0) is 20.9. The van der Waals surface area contributed by atoms with Gasteiger partial charge in [0.05, 0.1) is 23.4 Å². The van der Waals surface area contributed by atoms with Gasteiger partial charge in [-0.25, -0.2) is 4.98 Å². The summed E-state index contributed by atoms with van der Waals surface area (Å²) in [7, 11) is 0. The summed E-state index contributed by atoms with van der Waals surface area (Å²) in [5.74, 6) is -0.394. The third-order valence-corrected chi connectivity index (χ3v) is 6.99. The highest BCUT2D eigenvalue weighted by atomic mass is 32.1. The lowest BCUT2D eigenvalue weighted by atomic mass is 10.0. The Kier molecular flexibility index (Phi) is 6.73. The van der Waals surface area contributed by atoms with Crippen LogP contribution in [0.15, 0.2) is 24.3 Å². The van der Waals surface area contributed by atoms with Gasteiger partial charge in [-0.2, -0.15) is 0 Å². The standard InChI is InChI=1S/C21H24N4O3S2/c1-2-28-18(27)12-23-10-8-17(26)25-21-19(13-7-9-22-11-16(13)30-21)20-24-14-5-3-4-6-15(14)29-20/h3-6,22-23H,2,7-12H2,1H3,(H,25,26). The van der Waals surface area contributed by atoms with Crippen molar-refractivity contribution in [3.63, 3.8) is 0 Å². The fraction of sp³-hybridized carbons (Fsp3) is 0.381. The quantitative estimate of drug-likeness (QED) is 0.365. The van der Waals surface area contributed by atoms with Gasteiger partial charge in [0.2, 0.25) is 5.91 Å². The van der Waals surface area contributed by atoms with Crippen molar-refractivity contribution in [2.45, 2.75) is 26.3 Å². The van der Waals surface area contributed by atoms with Gasteiger partial charge < -0.3 is 20.7 Å². The summed E-state index contributed by atoms with van der Waals surface area (Å²) < 4.78 is 6.01. The lowest BCUT2D eigenvalue weighted by Crippen LogP contribution is -2.28. The van der Waals surface area contributed by atoms with E-state index in [4.69, 9.17) is 9.72 Å². The topological polar surface area (TPSA) is 92.3 Å². The number of fused-ring (bicyclic) bond motifs is 2. The fourth-order valence-corrected chi connectivity index (χ4v) is 5.77. The van der Waals surface area contributed by atoms with Crippen LogP contribution < -0.4 is 16.0 Å². The number of rotatable bonds is 8. The zero-order valence-electron chi connectivity index (χ0n) is 16.7. The highest BCUT2D eigenvalue weighted by Crippen LogP contribution is 2.44. The maximum absolute atomic E-state index is 12.6. The van der Waals surface area contributed by atoms with E-state index in [-0.39, 0.29) is 24.8 Å². The van der Waals surface area contributed by atoms with E-state index >= 15 is 0 Å². The molecule has 1 aliphatic rings. The lowest BCUT2D eigenvalue weighted by Gasteiger charge is -2.13. The molecule has 0 aliphatic carbocycles. The fourth-order valence-electron chi connectivity index (χ4n) is 3.42. The predicted molar refractivity (Wildman–Crippen MR) is 121 cm³/mol. The van der Waals surface area contributed by atoms with E-state index in [1.807, 2.05) is 18.2 Å². The minimum atomic E-state index is -0.311. The number of para-hydroxylation sites is 1. The average Bonchev–Trinajstić information content (AvgIpc) is 3.31. The summed E-state index contributed by atoms with van der Waals surface area (Å²) in [6, 6.07) is 8.10. The second kappa shape index (κ2) is 9.65. The number of esters is 1. The third-order valence-electron chi connectivity index (χ3n) is 4.79. The van der Waals surface area contributed by atoms with Gasteiger partial charge in [0, 0.05) is 30.0 Å². The van der Waals surface area contributed by atoms with Gasteiger partial charge >= 0.3 is 5.97 Å². The maximum atomic E-state index is 12.6. The minimum Gasteiger partial charge on any atom is -0.465 e. The van der Waals surface area contributed by atoms with Crippen LogP contribution in [0.4, 0.5) is 5.00 Å². The molecule has 0 radical (unpaired) electrons. The number of carbonyl (C=O) groups is 2. The smallest absolute Gasteiger partial charge is 0.319 e. The number of ether oxygens (including phenoxy) is 1. The third kappa shape index (κ3) is 4.70. The summed E-state index contributed by atoms with van der Waals surface area (Å²) >= 11 is 3.28. The van der Waals surface area contributed by atoms with Crippen LogP contribution in [0.1, 0.15) is 23.8 Å². The molecule has 3 N–H and O–H groups in total. The van der Waals surface area contributed by atoms with Crippen molar-refractivity contribution >= 4 is 49.8 Å². The van der Waals surface area contributed by atoms with Crippen LogP contribution in [0.2, 0.25) is 0 Å². The Labute approximate surface area is 182 Å². The molecular formula is C21H24N4O3S2. The van der Waals surface area contributed by atoms with Gasteiger partial charge in [0.25, 0.3) is 0 Å². The molecule has 1 aromatic carbocycles. The number of hydrogen-bond donors (Lipinski definition) is 3. The van der Waals surface area contributed by atoms with Gasteiger partial charge in [-0.15, -0.1) is 22.7 Å². The number of amides is 1. The molecule has 30 heavy (non-hydrogen) atoms. The number of benzene rings is 1. The number of thiophene rings is 1. The van der Waals surface area contributed by atoms with Gasteiger partial charge in [-0.05, 0) is 37.6 Å². The van der Waals surface area contributed by atoms with E-state index in [9.17, 15) is 9.59 Å². The second-order valence-electron chi connectivity index (χ2n) is 6.90. The number of aromatic nitrogens is 1. The predicted octanol–water partition coefficient (Wildman–Crippen LogP) is 3.15. The van der Waals surface area contributed by atoms with Crippen LogP contribution in [0.5, 0.6) is 0 Å². The van der Waals surface area contributed by atoms with Crippen molar-refractivity contribution in [1.82, 2.24) is 15.6 Å². The molecule has 0 saturated carbocycles. The lowest BCUT2D eigenvalue weighted by molar-refractivity contribution is -0.142. The summed E-state index contributed by atoms with van der Waals surface area (Å²) in [5.41, 5.74) is 3.32. The molecule has 0 unspecified atom stereocenters. The van der Waals surface area contributed by atoms with Gasteiger partial charge in [-0.1, -0.05) is 12.1 Å². The minimum absolute atomic E-state index is 0.0831. The Morgan fingerprint density at radius 1 is 1.27 bits per heavy atom. The summed E-state index contributed by atoms with van der Waals surface area (Å²) in [6.45, 7) is 4.38. The van der Waals surface area contributed by atoms with E-state index in [1.165, 1.54) is 10.4 Å². The van der Waals surface area contributed by atoms with E-state index in [2.05, 4.69) is 22.0 Å². The molecule has 0 spiro atoms. The molecule has 158 valence electrons. The van der Waals surface area contributed by atoms with E-state index in [0.29, 0.717) is 13.2 Å². The number of anilines is 1. The molecule has 3 aromatic rings. The van der Waals surface area contributed by atoms with Crippen molar-refractivity contribution in [1.29, 1.82) is 0 Å². The van der Waals surface area contributed by atoms with Crippen LogP contribution >= 0.6 is 22.7 Å². The first kappa shape index (κ1) is 20.9. The van der Waals surface area contributed by atoms with E-state index in [0.717, 1.165) is 45.3 Å². The Balaban J connectivity index is 1.50. The molecule has 0 saturated heterocycles. The highest BCUT2D eigenvalue weighted by molar-refractivity contribution is 7.22. The van der Waals surface area contributed by atoms with Gasteiger partial charge in [0.15, 0.2) is 0 Å². The molecule has 2 aromatic heterocycles. The zero-order valence-corrected chi connectivity index (χ0v) is 18.4. The summed E-state index contributed by atoms with van der Waals surface area (Å²) in [5, 5.41) is 11.2.